The summed E-state index contributed by atoms with van der Waals surface area (Å²) < 4.78 is 5.48. The van der Waals surface area contributed by atoms with Crippen LogP contribution in [-0.4, -0.2) is 30.2 Å². The van der Waals surface area contributed by atoms with Gasteiger partial charge in [0.15, 0.2) is 0 Å². The highest BCUT2D eigenvalue weighted by Gasteiger charge is 2.38. The van der Waals surface area contributed by atoms with E-state index in [1.54, 1.807) is 0 Å². The molecule has 1 saturated heterocycles. The first kappa shape index (κ1) is 13.5. The lowest BCUT2D eigenvalue weighted by molar-refractivity contribution is -0.139. The van der Waals surface area contributed by atoms with Crippen LogP contribution in [0, 0.1) is 0 Å². The molecule has 1 aliphatic rings. The van der Waals surface area contributed by atoms with Crippen LogP contribution in [0.5, 0.6) is 0 Å². The fourth-order valence-electron chi connectivity index (χ4n) is 1.90. The summed E-state index contributed by atoms with van der Waals surface area (Å²) in [6, 6.07) is 0. The van der Waals surface area contributed by atoms with Gasteiger partial charge in [-0.1, -0.05) is 13.8 Å². The maximum atomic E-state index is 12.0. The Morgan fingerprint density at radius 1 is 1.50 bits per heavy atom. The third-order valence-corrected chi connectivity index (χ3v) is 3.71. The minimum absolute atomic E-state index is 0.0262. The summed E-state index contributed by atoms with van der Waals surface area (Å²) in [5, 5.41) is 2.92. The molecule has 0 radical (unpaired) electrons. The second-order valence-corrected chi connectivity index (χ2v) is 4.94. The molecule has 1 aliphatic heterocycles. The van der Waals surface area contributed by atoms with E-state index in [4.69, 9.17) is 10.5 Å². The topological polar surface area (TPSA) is 64.3 Å². The first-order valence-electron chi connectivity index (χ1n) is 6.17. The van der Waals surface area contributed by atoms with Crippen molar-refractivity contribution in [2.75, 3.05) is 13.2 Å². The van der Waals surface area contributed by atoms with Gasteiger partial charge < -0.3 is 15.8 Å². The van der Waals surface area contributed by atoms with Gasteiger partial charge in [0, 0.05) is 18.7 Å². The summed E-state index contributed by atoms with van der Waals surface area (Å²) in [6.07, 6.45) is 3.48. The molecule has 0 aliphatic carbocycles. The highest BCUT2D eigenvalue weighted by molar-refractivity contribution is 5.85. The van der Waals surface area contributed by atoms with E-state index in [0.29, 0.717) is 13.2 Å². The number of carbonyl (C=O) groups excluding carboxylic acids is 1. The maximum Gasteiger partial charge on any atom is 0.252 e. The van der Waals surface area contributed by atoms with E-state index >= 15 is 0 Å². The van der Waals surface area contributed by atoms with Crippen molar-refractivity contribution in [3.63, 3.8) is 0 Å². The molecule has 1 heterocycles. The van der Waals surface area contributed by atoms with Crippen molar-refractivity contribution >= 4 is 5.91 Å². The smallest absolute Gasteiger partial charge is 0.252 e. The second kappa shape index (κ2) is 5.15. The summed E-state index contributed by atoms with van der Waals surface area (Å²) in [5.74, 6) is -0.0262. The highest BCUT2D eigenvalue weighted by atomic mass is 16.5. The zero-order chi connectivity index (χ0) is 12.2. The fraction of sp³-hybridized carbons (Fsp3) is 0.917. The van der Waals surface area contributed by atoms with Gasteiger partial charge in [0.05, 0.1) is 0 Å². The Morgan fingerprint density at radius 3 is 2.56 bits per heavy atom. The number of hydrogen-bond acceptors (Lipinski definition) is 3. The molecule has 1 fully saturated rings. The molecule has 0 aromatic carbocycles. The Hall–Kier alpha value is -0.610. The molecule has 0 aromatic heterocycles. The zero-order valence-electron chi connectivity index (χ0n) is 10.6. The summed E-state index contributed by atoms with van der Waals surface area (Å²) in [5.41, 5.74) is 5.21. The van der Waals surface area contributed by atoms with Crippen LogP contribution in [-0.2, 0) is 9.53 Å². The Kier molecular flexibility index (Phi) is 4.33. The standard InChI is InChI=1S/C12H24N2O2/c1-4-12(13,5-2)9-14-10(15)11(3)7-6-8-16-11/h4-9,13H2,1-3H3,(H,14,15). The number of ether oxygens (including phenoxy) is 1. The van der Waals surface area contributed by atoms with Gasteiger partial charge in [-0.25, -0.2) is 0 Å². The van der Waals surface area contributed by atoms with Gasteiger partial charge in [0.1, 0.15) is 5.60 Å². The van der Waals surface area contributed by atoms with Crippen LogP contribution in [0.4, 0.5) is 0 Å². The summed E-state index contributed by atoms with van der Waals surface area (Å²) >= 11 is 0. The summed E-state index contributed by atoms with van der Waals surface area (Å²) in [6.45, 7) is 7.15. The molecule has 3 N–H and O–H groups in total. The van der Waals surface area contributed by atoms with Crippen molar-refractivity contribution in [3.05, 3.63) is 0 Å². The SMILES string of the molecule is CCC(N)(CC)CNC(=O)C1(C)CCCO1. The molecule has 4 nitrogen and oxygen atoms in total. The Morgan fingerprint density at radius 2 is 2.12 bits per heavy atom. The molecular formula is C12H24N2O2. The molecule has 0 aromatic rings. The Bertz CT molecular complexity index is 243. The van der Waals surface area contributed by atoms with Crippen LogP contribution in [0.15, 0.2) is 0 Å². The predicted molar refractivity (Wildman–Crippen MR) is 64.1 cm³/mol. The third kappa shape index (κ3) is 2.95. The number of rotatable bonds is 5. The van der Waals surface area contributed by atoms with Crippen molar-refractivity contribution in [1.29, 1.82) is 0 Å². The first-order chi connectivity index (χ1) is 7.46. The molecule has 0 saturated carbocycles. The van der Waals surface area contributed by atoms with Crippen molar-refractivity contribution in [2.45, 2.75) is 57.6 Å². The predicted octanol–water partition coefficient (Wildman–Crippen LogP) is 1.19. The van der Waals surface area contributed by atoms with Crippen LogP contribution in [0.25, 0.3) is 0 Å². The van der Waals surface area contributed by atoms with Gasteiger partial charge in [0.25, 0.3) is 5.91 Å². The maximum absolute atomic E-state index is 12.0. The van der Waals surface area contributed by atoms with Gasteiger partial charge in [-0.3, -0.25) is 4.79 Å². The van der Waals surface area contributed by atoms with Crippen molar-refractivity contribution < 1.29 is 9.53 Å². The number of hydrogen-bond donors (Lipinski definition) is 2. The molecule has 94 valence electrons. The van der Waals surface area contributed by atoms with Gasteiger partial charge in [-0.2, -0.15) is 0 Å². The fourth-order valence-corrected chi connectivity index (χ4v) is 1.90. The zero-order valence-corrected chi connectivity index (χ0v) is 10.6. The number of carbonyl (C=O) groups is 1. The quantitative estimate of drug-likeness (QED) is 0.743. The molecule has 1 atom stereocenters. The molecule has 0 bridgehead atoms. The van der Waals surface area contributed by atoms with Crippen molar-refractivity contribution in [2.24, 2.45) is 5.73 Å². The van der Waals surface area contributed by atoms with Gasteiger partial charge in [-0.15, -0.1) is 0 Å². The van der Waals surface area contributed by atoms with E-state index in [0.717, 1.165) is 25.7 Å². The van der Waals surface area contributed by atoms with Gasteiger partial charge in [0.2, 0.25) is 0 Å². The lowest BCUT2D eigenvalue weighted by atomic mass is 9.93. The van der Waals surface area contributed by atoms with Crippen LogP contribution in [0.2, 0.25) is 0 Å². The van der Waals surface area contributed by atoms with Crippen LogP contribution >= 0.6 is 0 Å². The number of amides is 1. The average Bonchev–Trinajstić information content (AvgIpc) is 2.74. The molecule has 1 amide bonds. The third-order valence-electron chi connectivity index (χ3n) is 3.71. The van der Waals surface area contributed by atoms with E-state index in [9.17, 15) is 4.79 Å². The molecule has 16 heavy (non-hydrogen) atoms. The van der Waals surface area contributed by atoms with E-state index in [1.165, 1.54) is 0 Å². The summed E-state index contributed by atoms with van der Waals surface area (Å²) in [7, 11) is 0. The first-order valence-corrected chi connectivity index (χ1v) is 6.17. The number of nitrogens with two attached hydrogens (primary N) is 1. The molecule has 1 rings (SSSR count). The molecule has 1 unspecified atom stereocenters. The second-order valence-electron chi connectivity index (χ2n) is 4.94. The van der Waals surface area contributed by atoms with E-state index in [2.05, 4.69) is 5.32 Å². The Balaban J connectivity index is 2.46. The van der Waals surface area contributed by atoms with Crippen LogP contribution in [0.3, 0.4) is 0 Å². The van der Waals surface area contributed by atoms with Crippen molar-refractivity contribution in [3.8, 4) is 0 Å². The highest BCUT2D eigenvalue weighted by Crippen LogP contribution is 2.25. The summed E-state index contributed by atoms with van der Waals surface area (Å²) in [4.78, 5) is 12.0. The molecular weight excluding hydrogens is 204 g/mol. The molecule has 4 heteroatoms. The van der Waals surface area contributed by atoms with Gasteiger partial charge in [-0.05, 0) is 32.6 Å². The van der Waals surface area contributed by atoms with Gasteiger partial charge >= 0.3 is 0 Å². The minimum atomic E-state index is -0.637. The largest absolute Gasteiger partial charge is 0.365 e. The van der Waals surface area contributed by atoms with E-state index in [-0.39, 0.29) is 11.4 Å². The monoisotopic (exact) mass is 228 g/mol. The molecule has 0 spiro atoms. The Labute approximate surface area is 97.9 Å². The van der Waals surface area contributed by atoms with E-state index in [1.807, 2.05) is 20.8 Å². The van der Waals surface area contributed by atoms with Crippen LogP contribution < -0.4 is 11.1 Å². The van der Waals surface area contributed by atoms with Crippen molar-refractivity contribution in [1.82, 2.24) is 5.32 Å². The normalized spacial score (nSPS) is 25.8. The van der Waals surface area contributed by atoms with E-state index < -0.39 is 5.60 Å². The number of nitrogens with one attached hydrogen (secondary N) is 1. The minimum Gasteiger partial charge on any atom is -0.365 e. The van der Waals surface area contributed by atoms with Crippen LogP contribution in [0.1, 0.15) is 46.5 Å². The average molecular weight is 228 g/mol. The lowest BCUT2D eigenvalue weighted by Crippen LogP contribution is -2.53. The lowest BCUT2D eigenvalue weighted by Gasteiger charge is -2.29.